The maximum Gasteiger partial charge on any atom is 0.264 e. The number of nitrogens with zero attached hydrogens (tertiary/aromatic N) is 1. The normalized spacial score (nSPS) is 15.4. The van der Waals surface area contributed by atoms with Crippen molar-refractivity contribution in [2.75, 3.05) is 0 Å². The minimum absolute atomic E-state index is 0.188. The zero-order valence-electron chi connectivity index (χ0n) is 11.6. The van der Waals surface area contributed by atoms with Gasteiger partial charge in [-0.3, -0.25) is 4.79 Å². The van der Waals surface area contributed by atoms with Crippen molar-refractivity contribution in [3.8, 4) is 17.0 Å². The van der Waals surface area contributed by atoms with Crippen molar-refractivity contribution >= 4 is 0 Å². The molecule has 1 heterocycles. The molecular weight excluding hydrogens is 252 g/mol. The van der Waals surface area contributed by atoms with Crippen LogP contribution >= 0.6 is 0 Å². The average Bonchev–Trinajstić information content (AvgIpc) is 2.95. The summed E-state index contributed by atoms with van der Waals surface area (Å²) in [5.74, 6) is 0.949. The fraction of sp³-hybridized carbons (Fsp3) is 0.375. The minimum Gasteiger partial charge on any atom is -0.490 e. The lowest BCUT2D eigenvalue weighted by molar-refractivity contribution is 0.208. The van der Waals surface area contributed by atoms with Crippen LogP contribution in [-0.4, -0.2) is 16.3 Å². The molecule has 1 fully saturated rings. The number of rotatable bonds is 3. The highest BCUT2D eigenvalue weighted by Gasteiger charge is 2.17. The van der Waals surface area contributed by atoms with Gasteiger partial charge in [-0.25, -0.2) is 5.10 Å². The van der Waals surface area contributed by atoms with Crippen LogP contribution in [0.4, 0.5) is 0 Å². The molecule has 0 radical (unpaired) electrons. The topological polar surface area (TPSA) is 55.0 Å². The van der Waals surface area contributed by atoms with Crippen LogP contribution < -0.4 is 10.3 Å². The number of ether oxygens (including phenoxy) is 1. The van der Waals surface area contributed by atoms with E-state index in [4.69, 9.17) is 4.74 Å². The highest BCUT2D eigenvalue weighted by molar-refractivity contribution is 5.61. The molecule has 0 unspecified atom stereocenters. The lowest BCUT2D eigenvalue weighted by atomic mass is 10.1. The highest BCUT2D eigenvalue weighted by atomic mass is 16.5. The number of nitrogens with one attached hydrogen (secondary N) is 1. The van der Waals surface area contributed by atoms with Crippen LogP contribution in [0.3, 0.4) is 0 Å². The van der Waals surface area contributed by atoms with Gasteiger partial charge in [-0.1, -0.05) is 0 Å². The van der Waals surface area contributed by atoms with Gasteiger partial charge in [0, 0.05) is 11.6 Å². The molecule has 2 aromatic rings. The molecule has 1 N–H and O–H groups in total. The Kier molecular flexibility index (Phi) is 3.54. The van der Waals surface area contributed by atoms with E-state index in [2.05, 4.69) is 10.2 Å². The second kappa shape index (κ2) is 5.49. The number of hydrogen-bond acceptors (Lipinski definition) is 3. The third-order valence-corrected chi connectivity index (χ3v) is 3.75. The van der Waals surface area contributed by atoms with E-state index in [1.807, 2.05) is 25.1 Å². The monoisotopic (exact) mass is 270 g/mol. The zero-order chi connectivity index (χ0) is 13.9. The lowest BCUT2D eigenvalue weighted by Crippen LogP contribution is -2.11. The van der Waals surface area contributed by atoms with Crippen molar-refractivity contribution in [2.45, 2.75) is 38.7 Å². The summed E-state index contributed by atoms with van der Waals surface area (Å²) in [6.07, 6.45) is 5.21. The average molecular weight is 270 g/mol. The van der Waals surface area contributed by atoms with Gasteiger partial charge in [-0.15, -0.1) is 0 Å². The fourth-order valence-electron chi connectivity index (χ4n) is 2.63. The Hall–Kier alpha value is -2.10. The first-order valence-electron chi connectivity index (χ1n) is 7.06. The summed E-state index contributed by atoms with van der Waals surface area (Å²) < 4.78 is 6.04. The molecule has 20 heavy (non-hydrogen) atoms. The van der Waals surface area contributed by atoms with E-state index in [1.54, 1.807) is 6.07 Å². The molecule has 104 valence electrons. The molecular formula is C16H18N2O2. The van der Waals surface area contributed by atoms with Gasteiger partial charge in [-0.05, 0) is 62.4 Å². The van der Waals surface area contributed by atoms with E-state index >= 15 is 0 Å². The number of aromatic amines is 1. The van der Waals surface area contributed by atoms with Crippen molar-refractivity contribution < 1.29 is 4.74 Å². The maximum absolute atomic E-state index is 11.0. The van der Waals surface area contributed by atoms with E-state index < -0.39 is 0 Å². The Morgan fingerprint density at radius 3 is 2.65 bits per heavy atom. The van der Waals surface area contributed by atoms with Crippen molar-refractivity contribution in [1.29, 1.82) is 0 Å². The molecule has 1 aliphatic carbocycles. The second-order valence-corrected chi connectivity index (χ2v) is 5.31. The minimum atomic E-state index is -0.188. The number of aromatic nitrogens is 2. The molecule has 0 aliphatic heterocycles. The molecule has 1 saturated carbocycles. The third-order valence-electron chi connectivity index (χ3n) is 3.75. The summed E-state index contributed by atoms with van der Waals surface area (Å²) in [7, 11) is 0. The zero-order valence-corrected chi connectivity index (χ0v) is 11.6. The van der Waals surface area contributed by atoms with Crippen molar-refractivity contribution in [1.82, 2.24) is 10.2 Å². The van der Waals surface area contributed by atoms with Crippen LogP contribution in [0.15, 0.2) is 35.1 Å². The summed E-state index contributed by atoms with van der Waals surface area (Å²) in [5, 5.41) is 6.50. The van der Waals surface area contributed by atoms with Crippen LogP contribution in [0.1, 0.15) is 31.2 Å². The predicted octanol–water partition coefficient (Wildman–Crippen LogP) is 3.07. The summed E-state index contributed by atoms with van der Waals surface area (Å²) >= 11 is 0. The largest absolute Gasteiger partial charge is 0.490 e. The summed E-state index contributed by atoms with van der Waals surface area (Å²) in [4.78, 5) is 11.0. The molecule has 4 nitrogen and oxygen atoms in total. The van der Waals surface area contributed by atoms with E-state index in [1.165, 1.54) is 18.9 Å². The molecule has 1 aromatic carbocycles. The number of H-pyrrole nitrogens is 1. The molecule has 0 atom stereocenters. The van der Waals surface area contributed by atoms with Crippen LogP contribution in [-0.2, 0) is 0 Å². The fourth-order valence-corrected chi connectivity index (χ4v) is 2.63. The summed E-state index contributed by atoms with van der Waals surface area (Å²) in [5.41, 5.74) is 2.66. The lowest BCUT2D eigenvalue weighted by Gasteiger charge is -2.15. The first-order chi connectivity index (χ1) is 9.72. The quantitative estimate of drug-likeness (QED) is 0.932. The second-order valence-electron chi connectivity index (χ2n) is 5.31. The standard InChI is InChI=1S/C16H18N2O2/c1-11-10-12(14-7-9-16(19)18-17-14)6-8-15(11)20-13-4-2-3-5-13/h6-10,13H,2-5H2,1H3,(H,18,19). The molecule has 0 bridgehead atoms. The van der Waals surface area contributed by atoms with Gasteiger partial charge in [-0.2, -0.15) is 5.10 Å². The first-order valence-corrected chi connectivity index (χ1v) is 7.06. The smallest absolute Gasteiger partial charge is 0.264 e. The van der Waals surface area contributed by atoms with Gasteiger partial charge in [0.15, 0.2) is 0 Å². The molecule has 0 spiro atoms. The van der Waals surface area contributed by atoms with Gasteiger partial charge in [0.2, 0.25) is 0 Å². The van der Waals surface area contributed by atoms with E-state index in [-0.39, 0.29) is 5.56 Å². The molecule has 0 saturated heterocycles. The summed E-state index contributed by atoms with van der Waals surface area (Å²) in [6, 6.07) is 9.24. The molecule has 1 aromatic heterocycles. The van der Waals surface area contributed by atoms with Crippen molar-refractivity contribution in [3.63, 3.8) is 0 Å². The van der Waals surface area contributed by atoms with Crippen molar-refractivity contribution in [2.24, 2.45) is 0 Å². The maximum atomic E-state index is 11.0. The molecule has 0 amide bonds. The van der Waals surface area contributed by atoms with Crippen molar-refractivity contribution in [3.05, 3.63) is 46.2 Å². The van der Waals surface area contributed by atoms with Crippen LogP contribution in [0.5, 0.6) is 5.75 Å². The first kappa shape index (κ1) is 12.9. The Bertz CT molecular complexity index is 637. The van der Waals surface area contributed by atoms with Gasteiger partial charge in [0.05, 0.1) is 11.8 Å². The number of hydrogen-bond donors (Lipinski definition) is 1. The number of benzene rings is 1. The molecule has 1 aliphatic rings. The molecule has 4 heteroatoms. The van der Waals surface area contributed by atoms with Crippen LogP contribution in [0, 0.1) is 6.92 Å². The van der Waals surface area contributed by atoms with Crippen LogP contribution in [0.2, 0.25) is 0 Å². The SMILES string of the molecule is Cc1cc(-c2ccc(=O)[nH]n2)ccc1OC1CCCC1. The molecule has 3 rings (SSSR count). The third kappa shape index (κ3) is 2.74. The van der Waals surface area contributed by atoms with Gasteiger partial charge < -0.3 is 4.74 Å². The number of aryl methyl sites for hydroxylation is 1. The van der Waals surface area contributed by atoms with E-state index in [0.717, 1.165) is 35.4 Å². The summed E-state index contributed by atoms with van der Waals surface area (Å²) in [6.45, 7) is 2.04. The Balaban J connectivity index is 1.83. The Labute approximate surface area is 117 Å². The Morgan fingerprint density at radius 1 is 1.20 bits per heavy atom. The Morgan fingerprint density at radius 2 is 2.00 bits per heavy atom. The van der Waals surface area contributed by atoms with Gasteiger partial charge in [0.25, 0.3) is 5.56 Å². The van der Waals surface area contributed by atoms with E-state index in [0.29, 0.717) is 6.10 Å². The van der Waals surface area contributed by atoms with Gasteiger partial charge >= 0.3 is 0 Å². The van der Waals surface area contributed by atoms with Crippen LogP contribution in [0.25, 0.3) is 11.3 Å². The van der Waals surface area contributed by atoms with Gasteiger partial charge in [0.1, 0.15) is 5.75 Å². The predicted molar refractivity (Wildman–Crippen MR) is 77.9 cm³/mol. The highest BCUT2D eigenvalue weighted by Crippen LogP contribution is 2.29. The van der Waals surface area contributed by atoms with E-state index in [9.17, 15) is 4.79 Å².